The van der Waals surface area contributed by atoms with E-state index in [1.54, 1.807) is 65.8 Å². The van der Waals surface area contributed by atoms with Crippen molar-refractivity contribution in [2.45, 2.75) is 12.6 Å². The van der Waals surface area contributed by atoms with Gasteiger partial charge in [-0.1, -0.05) is 47.5 Å². The molecule has 0 N–H and O–H groups in total. The Bertz CT molecular complexity index is 1350. The van der Waals surface area contributed by atoms with Crippen LogP contribution in [0.1, 0.15) is 33.3 Å². The molecule has 0 saturated carbocycles. The van der Waals surface area contributed by atoms with Gasteiger partial charge in [0.25, 0.3) is 5.91 Å². The minimum absolute atomic E-state index is 0.0543. The third-order valence-electron chi connectivity index (χ3n) is 5.21. The summed E-state index contributed by atoms with van der Waals surface area (Å²) >= 11 is 12.3. The number of hydrogen-bond donors (Lipinski definition) is 0. The maximum Gasteiger partial charge on any atom is 0.291 e. The van der Waals surface area contributed by atoms with Crippen LogP contribution in [0.15, 0.2) is 76.2 Å². The number of halogens is 2. The average Bonchev–Trinajstić information content (AvgIpc) is 3.03. The van der Waals surface area contributed by atoms with Crippen molar-refractivity contribution in [1.29, 1.82) is 0 Å². The van der Waals surface area contributed by atoms with E-state index in [-0.39, 0.29) is 23.6 Å². The van der Waals surface area contributed by atoms with Gasteiger partial charge in [-0.3, -0.25) is 14.6 Å². The van der Waals surface area contributed by atoms with Crippen LogP contribution >= 0.6 is 23.2 Å². The molecule has 7 heteroatoms. The Morgan fingerprint density at radius 2 is 1.83 bits per heavy atom. The molecule has 4 aromatic rings. The van der Waals surface area contributed by atoms with Crippen molar-refractivity contribution in [1.82, 2.24) is 9.88 Å². The molecule has 0 unspecified atom stereocenters. The molecule has 0 bridgehead atoms. The van der Waals surface area contributed by atoms with Crippen molar-refractivity contribution >= 4 is 40.1 Å². The van der Waals surface area contributed by atoms with Crippen LogP contribution in [0.3, 0.4) is 0 Å². The van der Waals surface area contributed by atoms with E-state index in [1.807, 2.05) is 6.07 Å². The van der Waals surface area contributed by atoms with Crippen LogP contribution in [0.5, 0.6) is 0 Å². The van der Waals surface area contributed by atoms with Gasteiger partial charge in [-0.25, -0.2) is 0 Å². The highest BCUT2D eigenvalue weighted by Crippen LogP contribution is 2.40. The Morgan fingerprint density at radius 1 is 1.00 bits per heavy atom. The van der Waals surface area contributed by atoms with Gasteiger partial charge in [0.2, 0.25) is 5.76 Å². The highest BCUT2D eigenvalue weighted by Gasteiger charge is 2.42. The normalized spacial score (nSPS) is 15.6. The van der Waals surface area contributed by atoms with Gasteiger partial charge in [-0.05, 0) is 41.5 Å². The van der Waals surface area contributed by atoms with E-state index >= 15 is 0 Å². The first-order valence-corrected chi connectivity index (χ1v) is 10.0. The van der Waals surface area contributed by atoms with Crippen molar-refractivity contribution in [3.63, 3.8) is 0 Å². The Hall–Kier alpha value is -3.15. The first kappa shape index (κ1) is 18.9. The van der Waals surface area contributed by atoms with E-state index < -0.39 is 6.04 Å². The molecule has 1 aliphatic rings. The smallest absolute Gasteiger partial charge is 0.291 e. The maximum atomic E-state index is 13.4. The van der Waals surface area contributed by atoms with Gasteiger partial charge in [0.05, 0.1) is 27.0 Å². The summed E-state index contributed by atoms with van der Waals surface area (Å²) in [6.07, 6.45) is 3.35. The fraction of sp³-hybridized carbons (Fsp3) is 0.0870. The minimum Gasteiger partial charge on any atom is -0.450 e. The first-order valence-electron chi connectivity index (χ1n) is 9.25. The standard InChI is InChI=1S/C23H14Cl2N2O3/c24-16-8-7-14(10-17(16)25)20-19-21(28)15-5-1-2-6-18(15)30-22(19)23(29)27(20)12-13-4-3-9-26-11-13/h1-11,20H,12H2/t20-/m1/s1. The number of carbonyl (C=O) groups is 1. The van der Waals surface area contributed by atoms with E-state index in [1.165, 1.54) is 0 Å². The maximum absolute atomic E-state index is 13.4. The van der Waals surface area contributed by atoms with E-state index in [9.17, 15) is 9.59 Å². The molecular formula is C23H14Cl2N2O3. The molecule has 148 valence electrons. The van der Waals surface area contributed by atoms with Crippen LogP contribution in [-0.4, -0.2) is 15.8 Å². The van der Waals surface area contributed by atoms with Crippen molar-refractivity contribution in [2.24, 2.45) is 0 Å². The van der Waals surface area contributed by atoms with E-state index in [2.05, 4.69) is 4.98 Å². The predicted octanol–water partition coefficient (Wildman–Crippen LogP) is 5.24. The second-order valence-corrected chi connectivity index (χ2v) is 7.85. The number of fused-ring (bicyclic) bond motifs is 2. The van der Waals surface area contributed by atoms with Gasteiger partial charge in [0.15, 0.2) is 5.43 Å². The second-order valence-electron chi connectivity index (χ2n) is 7.04. The van der Waals surface area contributed by atoms with Gasteiger partial charge in [0.1, 0.15) is 5.58 Å². The van der Waals surface area contributed by atoms with Crippen LogP contribution in [-0.2, 0) is 6.54 Å². The summed E-state index contributed by atoms with van der Waals surface area (Å²) in [6, 6.07) is 15.0. The van der Waals surface area contributed by atoms with Crippen molar-refractivity contribution < 1.29 is 9.21 Å². The summed E-state index contributed by atoms with van der Waals surface area (Å²) < 4.78 is 5.91. The van der Waals surface area contributed by atoms with Crippen LogP contribution in [0.4, 0.5) is 0 Å². The Balaban J connectivity index is 1.75. The molecule has 2 aromatic heterocycles. The lowest BCUT2D eigenvalue weighted by atomic mass is 9.98. The average molecular weight is 437 g/mol. The fourth-order valence-electron chi connectivity index (χ4n) is 3.85. The molecule has 0 radical (unpaired) electrons. The van der Waals surface area contributed by atoms with Gasteiger partial charge in [0, 0.05) is 18.9 Å². The van der Waals surface area contributed by atoms with Gasteiger partial charge >= 0.3 is 0 Å². The minimum atomic E-state index is -0.650. The van der Waals surface area contributed by atoms with Gasteiger partial charge in [-0.2, -0.15) is 0 Å². The monoisotopic (exact) mass is 436 g/mol. The van der Waals surface area contributed by atoms with E-state index in [0.29, 0.717) is 32.1 Å². The number of amides is 1. The molecule has 0 saturated heterocycles. The number of para-hydroxylation sites is 1. The molecule has 5 rings (SSSR count). The molecular weight excluding hydrogens is 423 g/mol. The van der Waals surface area contributed by atoms with Crippen LogP contribution < -0.4 is 5.43 Å². The quantitative estimate of drug-likeness (QED) is 0.440. The third kappa shape index (κ3) is 2.98. The lowest BCUT2D eigenvalue weighted by Crippen LogP contribution is -2.29. The van der Waals surface area contributed by atoms with E-state index in [4.69, 9.17) is 27.6 Å². The molecule has 0 spiro atoms. The van der Waals surface area contributed by atoms with Crippen LogP contribution in [0.2, 0.25) is 10.0 Å². The summed E-state index contributed by atoms with van der Waals surface area (Å²) in [7, 11) is 0. The largest absolute Gasteiger partial charge is 0.450 e. The summed E-state index contributed by atoms with van der Waals surface area (Å²) in [5.41, 5.74) is 1.97. The topological polar surface area (TPSA) is 63.4 Å². The highest BCUT2D eigenvalue weighted by molar-refractivity contribution is 6.42. The number of carbonyl (C=O) groups excluding carboxylic acids is 1. The molecule has 30 heavy (non-hydrogen) atoms. The Labute approximate surface area is 181 Å². The molecule has 0 aliphatic carbocycles. The van der Waals surface area contributed by atoms with Gasteiger partial charge < -0.3 is 9.32 Å². The summed E-state index contributed by atoms with van der Waals surface area (Å²) in [6.45, 7) is 0.261. The number of rotatable bonds is 3. The number of nitrogens with zero attached hydrogens (tertiary/aromatic N) is 2. The molecule has 1 aliphatic heterocycles. The van der Waals surface area contributed by atoms with Crippen molar-refractivity contribution in [3.05, 3.63) is 110 Å². The van der Waals surface area contributed by atoms with Gasteiger partial charge in [-0.15, -0.1) is 0 Å². The number of pyridine rings is 1. The van der Waals surface area contributed by atoms with Crippen molar-refractivity contribution in [2.75, 3.05) is 0 Å². The SMILES string of the molecule is O=C1c2oc3ccccc3c(=O)c2[C@@H](c2ccc(Cl)c(Cl)c2)N1Cc1cccnc1. The molecule has 5 nitrogen and oxygen atoms in total. The fourth-order valence-corrected chi connectivity index (χ4v) is 4.15. The number of aromatic nitrogens is 1. The van der Waals surface area contributed by atoms with Crippen LogP contribution in [0, 0.1) is 0 Å². The summed E-state index contributed by atoms with van der Waals surface area (Å²) in [5.74, 6) is -0.300. The zero-order chi connectivity index (χ0) is 20.8. The molecule has 0 fully saturated rings. The zero-order valence-electron chi connectivity index (χ0n) is 15.5. The zero-order valence-corrected chi connectivity index (χ0v) is 17.0. The Morgan fingerprint density at radius 3 is 2.60 bits per heavy atom. The number of benzene rings is 2. The molecule has 2 aromatic carbocycles. The number of hydrogen-bond acceptors (Lipinski definition) is 4. The predicted molar refractivity (Wildman–Crippen MR) is 115 cm³/mol. The Kier molecular flexibility index (Phi) is 4.57. The second kappa shape index (κ2) is 7.27. The lowest BCUT2D eigenvalue weighted by Gasteiger charge is -2.25. The van der Waals surface area contributed by atoms with Crippen molar-refractivity contribution in [3.8, 4) is 0 Å². The summed E-state index contributed by atoms with van der Waals surface area (Å²) in [5, 5.41) is 1.17. The summed E-state index contributed by atoms with van der Waals surface area (Å²) in [4.78, 5) is 32.5. The lowest BCUT2D eigenvalue weighted by molar-refractivity contribution is 0.0714. The first-order chi connectivity index (χ1) is 14.5. The highest BCUT2D eigenvalue weighted by atomic mass is 35.5. The van der Waals surface area contributed by atoms with E-state index in [0.717, 1.165) is 5.56 Å². The molecule has 1 amide bonds. The van der Waals surface area contributed by atoms with Crippen LogP contribution in [0.25, 0.3) is 11.0 Å². The molecule has 1 atom stereocenters. The molecule has 3 heterocycles. The third-order valence-corrected chi connectivity index (χ3v) is 5.95.